The molecule has 0 saturated carbocycles. The van der Waals surface area contributed by atoms with Crippen LogP contribution in [-0.2, 0) is 22.5 Å². The molecule has 0 fully saturated rings. The minimum atomic E-state index is 0.503. The first-order chi connectivity index (χ1) is 6.86. The molecule has 0 amide bonds. The Bertz CT molecular complexity index is 257. The zero-order chi connectivity index (χ0) is 10.2. The SMILES string of the molecule is COCCOCc1nnc(CCCl)s1. The Morgan fingerprint density at radius 2 is 2.07 bits per heavy atom. The van der Waals surface area contributed by atoms with E-state index in [2.05, 4.69) is 10.2 Å². The predicted molar refractivity (Wildman–Crippen MR) is 55.9 cm³/mol. The van der Waals surface area contributed by atoms with Crippen molar-refractivity contribution in [1.82, 2.24) is 10.2 Å². The van der Waals surface area contributed by atoms with Gasteiger partial charge >= 0.3 is 0 Å². The highest BCUT2D eigenvalue weighted by Crippen LogP contribution is 2.11. The molecule has 6 heteroatoms. The van der Waals surface area contributed by atoms with Crippen molar-refractivity contribution in [2.24, 2.45) is 0 Å². The monoisotopic (exact) mass is 236 g/mol. The molecule has 0 atom stereocenters. The average Bonchev–Trinajstić information content (AvgIpc) is 2.61. The third-order valence-electron chi connectivity index (χ3n) is 1.47. The van der Waals surface area contributed by atoms with Gasteiger partial charge in [0.1, 0.15) is 16.6 Å². The lowest BCUT2D eigenvalue weighted by atomic mass is 10.5. The second kappa shape index (κ2) is 7.11. The van der Waals surface area contributed by atoms with Crippen LogP contribution in [0, 0.1) is 0 Å². The Morgan fingerprint density at radius 3 is 2.79 bits per heavy atom. The van der Waals surface area contributed by atoms with Crippen molar-refractivity contribution in [2.45, 2.75) is 13.0 Å². The minimum Gasteiger partial charge on any atom is -0.382 e. The van der Waals surface area contributed by atoms with Crippen molar-refractivity contribution in [3.8, 4) is 0 Å². The Morgan fingerprint density at radius 1 is 1.29 bits per heavy atom. The standard InChI is InChI=1S/C8H13ClN2O2S/c1-12-4-5-13-6-8-11-10-7(14-8)2-3-9/h2-6H2,1H3. The van der Waals surface area contributed by atoms with Crippen LogP contribution in [0.15, 0.2) is 0 Å². The highest BCUT2D eigenvalue weighted by atomic mass is 35.5. The fourth-order valence-corrected chi connectivity index (χ4v) is 1.90. The molecular weight excluding hydrogens is 224 g/mol. The summed E-state index contributed by atoms with van der Waals surface area (Å²) in [7, 11) is 1.65. The van der Waals surface area contributed by atoms with Crippen molar-refractivity contribution in [1.29, 1.82) is 0 Å². The molecule has 0 N–H and O–H groups in total. The van der Waals surface area contributed by atoms with E-state index in [9.17, 15) is 0 Å². The molecule has 1 aromatic heterocycles. The molecule has 1 heterocycles. The van der Waals surface area contributed by atoms with Crippen LogP contribution in [0.1, 0.15) is 10.0 Å². The van der Waals surface area contributed by atoms with Gasteiger partial charge in [-0.25, -0.2) is 0 Å². The predicted octanol–water partition coefficient (Wildman–Crippen LogP) is 1.48. The summed E-state index contributed by atoms with van der Waals surface area (Å²) in [5.74, 6) is 0.583. The van der Waals surface area contributed by atoms with Gasteiger partial charge in [-0.3, -0.25) is 0 Å². The fraction of sp³-hybridized carbons (Fsp3) is 0.750. The van der Waals surface area contributed by atoms with Gasteiger partial charge in [-0.2, -0.15) is 0 Å². The molecule has 0 aliphatic rings. The molecule has 0 saturated heterocycles. The van der Waals surface area contributed by atoms with Crippen molar-refractivity contribution >= 4 is 22.9 Å². The fourth-order valence-electron chi connectivity index (χ4n) is 0.830. The maximum atomic E-state index is 5.58. The molecule has 0 radical (unpaired) electrons. The van der Waals surface area contributed by atoms with E-state index in [1.807, 2.05) is 0 Å². The molecule has 1 aromatic rings. The molecule has 0 aliphatic heterocycles. The topological polar surface area (TPSA) is 44.2 Å². The van der Waals surface area contributed by atoms with Crippen LogP contribution < -0.4 is 0 Å². The molecule has 14 heavy (non-hydrogen) atoms. The third-order valence-corrected chi connectivity index (χ3v) is 2.62. The maximum Gasteiger partial charge on any atom is 0.143 e. The molecule has 0 aromatic carbocycles. The van der Waals surface area contributed by atoms with Crippen molar-refractivity contribution in [2.75, 3.05) is 26.2 Å². The number of methoxy groups -OCH3 is 1. The van der Waals surface area contributed by atoms with Gasteiger partial charge in [0, 0.05) is 19.4 Å². The third kappa shape index (κ3) is 4.32. The largest absolute Gasteiger partial charge is 0.382 e. The second-order valence-electron chi connectivity index (χ2n) is 2.57. The van der Waals surface area contributed by atoms with E-state index in [1.54, 1.807) is 18.4 Å². The van der Waals surface area contributed by atoms with Gasteiger partial charge in [-0.05, 0) is 0 Å². The number of halogens is 1. The van der Waals surface area contributed by atoms with E-state index in [0.717, 1.165) is 16.4 Å². The van der Waals surface area contributed by atoms with Crippen LogP contribution in [0.2, 0.25) is 0 Å². The Balaban J connectivity index is 2.22. The quantitative estimate of drug-likeness (QED) is 0.532. The lowest BCUT2D eigenvalue weighted by Crippen LogP contribution is -2.01. The van der Waals surface area contributed by atoms with Gasteiger partial charge in [0.15, 0.2) is 0 Å². The maximum absolute atomic E-state index is 5.58. The van der Waals surface area contributed by atoms with Crippen LogP contribution in [-0.4, -0.2) is 36.4 Å². The van der Waals surface area contributed by atoms with E-state index >= 15 is 0 Å². The number of aromatic nitrogens is 2. The molecule has 0 bridgehead atoms. The first-order valence-corrected chi connectivity index (χ1v) is 5.66. The number of ether oxygens (including phenoxy) is 2. The lowest BCUT2D eigenvalue weighted by molar-refractivity contribution is 0.0613. The van der Waals surface area contributed by atoms with Gasteiger partial charge < -0.3 is 9.47 Å². The summed E-state index contributed by atoms with van der Waals surface area (Å²) in [5, 5.41) is 9.81. The number of hydrogen-bond donors (Lipinski definition) is 0. The molecule has 1 rings (SSSR count). The van der Waals surface area contributed by atoms with Gasteiger partial charge in [0.2, 0.25) is 0 Å². The van der Waals surface area contributed by atoms with Crippen LogP contribution in [0.3, 0.4) is 0 Å². The summed E-state index contributed by atoms with van der Waals surface area (Å²) < 4.78 is 10.1. The number of hydrogen-bond acceptors (Lipinski definition) is 5. The van der Waals surface area contributed by atoms with Crippen LogP contribution in [0.25, 0.3) is 0 Å². The van der Waals surface area contributed by atoms with Crippen molar-refractivity contribution in [3.63, 3.8) is 0 Å². The van der Waals surface area contributed by atoms with Crippen LogP contribution >= 0.6 is 22.9 Å². The zero-order valence-corrected chi connectivity index (χ0v) is 9.61. The first-order valence-electron chi connectivity index (χ1n) is 4.30. The van der Waals surface area contributed by atoms with Crippen LogP contribution in [0.5, 0.6) is 0 Å². The van der Waals surface area contributed by atoms with Gasteiger partial charge in [0.25, 0.3) is 0 Å². The van der Waals surface area contributed by atoms with E-state index in [-0.39, 0.29) is 0 Å². The highest BCUT2D eigenvalue weighted by Gasteiger charge is 2.03. The number of rotatable bonds is 7. The minimum absolute atomic E-state index is 0.503. The Labute approximate surface area is 92.2 Å². The normalized spacial score (nSPS) is 10.7. The number of nitrogens with zero attached hydrogens (tertiary/aromatic N) is 2. The molecule has 0 unspecified atom stereocenters. The summed E-state index contributed by atoms with van der Waals surface area (Å²) in [5.41, 5.74) is 0. The second-order valence-corrected chi connectivity index (χ2v) is 4.10. The first kappa shape index (κ1) is 11.8. The summed E-state index contributed by atoms with van der Waals surface area (Å²) in [6.07, 6.45) is 0.775. The highest BCUT2D eigenvalue weighted by molar-refractivity contribution is 7.11. The summed E-state index contributed by atoms with van der Waals surface area (Å²) in [4.78, 5) is 0. The molecule has 4 nitrogen and oxygen atoms in total. The Kier molecular flexibility index (Phi) is 6.02. The van der Waals surface area contributed by atoms with Gasteiger partial charge in [0.05, 0.1) is 13.2 Å². The van der Waals surface area contributed by atoms with E-state index in [0.29, 0.717) is 25.7 Å². The van der Waals surface area contributed by atoms with E-state index in [4.69, 9.17) is 21.1 Å². The van der Waals surface area contributed by atoms with Crippen molar-refractivity contribution < 1.29 is 9.47 Å². The van der Waals surface area contributed by atoms with E-state index < -0.39 is 0 Å². The molecule has 0 aliphatic carbocycles. The van der Waals surface area contributed by atoms with Crippen LogP contribution in [0.4, 0.5) is 0 Å². The van der Waals surface area contributed by atoms with Crippen molar-refractivity contribution in [3.05, 3.63) is 10.0 Å². The average molecular weight is 237 g/mol. The summed E-state index contributed by atoms with van der Waals surface area (Å²) in [6.45, 7) is 1.69. The Hall–Kier alpha value is -0.230. The molecular formula is C8H13ClN2O2S. The van der Waals surface area contributed by atoms with Gasteiger partial charge in [-0.15, -0.1) is 21.8 Å². The number of alkyl halides is 1. The molecule has 80 valence electrons. The molecule has 0 spiro atoms. The van der Waals surface area contributed by atoms with E-state index in [1.165, 1.54) is 0 Å². The number of aryl methyl sites for hydroxylation is 1. The summed E-state index contributed by atoms with van der Waals surface area (Å²) in [6, 6.07) is 0. The zero-order valence-electron chi connectivity index (χ0n) is 8.03. The lowest BCUT2D eigenvalue weighted by Gasteiger charge is -1.98. The van der Waals surface area contributed by atoms with Gasteiger partial charge in [-0.1, -0.05) is 11.3 Å². The smallest absolute Gasteiger partial charge is 0.143 e. The summed E-state index contributed by atoms with van der Waals surface area (Å²) >= 11 is 7.13.